The highest BCUT2D eigenvalue weighted by atomic mass is 16.2. The van der Waals surface area contributed by atoms with Crippen molar-refractivity contribution in [3.05, 3.63) is 0 Å². The molecule has 1 fully saturated rings. The Hall–Kier alpha value is -1.06. The van der Waals surface area contributed by atoms with Gasteiger partial charge in [-0.05, 0) is 0 Å². The van der Waals surface area contributed by atoms with Gasteiger partial charge in [0.05, 0.1) is 13.1 Å². The predicted molar refractivity (Wildman–Crippen MR) is 34.4 cm³/mol. The minimum absolute atomic E-state index is 0.133. The van der Waals surface area contributed by atoms with E-state index < -0.39 is 0 Å². The topological polar surface area (TPSA) is 51.5 Å². The molecule has 55 valence electrons. The van der Waals surface area contributed by atoms with Gasteiger partial charge in [-0.3, -0.25) is 9.69 Å². The molecule has 1 saturated heterocycles. The van der Waals surface area contributed by atoms with Gasteiger partial charge in [0.15, 0.2) is 0 Å². The SMILES string of the molecule is CCC(=O)N1CC[N]C1=O. The third-order valence-electron chi connectivity index (χ3n) is 1.41. The average molecular weight is 141 g/mol. The predicted octanol–water partition coefficient (Wildman–Crippen LogP) is -0.0370. The maximum atomic E-state index is 10.9. The Kier molecular flexibility index (Phi) is 1.89. The normalized spacial score (nSPS) is 17.3. The molecule has 1 aliphatic heterocycles. The zero-order valence-electron chi connectivity index (χ0n) is 5.83. The first kappa shape index (κ1) is 7.05. The van der Waals surface area contributed by atoms with Crippen LogP contribution in [-0.4, -0.2) is 29.9 Å². The van der Waals surface area contributed by atoms with E-state index in [2.05, 4.69) is 5.32 Å². The van der Waals surface area contributed by atoms with Crippen LogP contribution in [0.15, 0.2) is 0 Å². The molecule has 10 heavy (non-hydrogen) atoms. The highest BCUT2D eigenvalue weighted by molar-refractivity contribution is 5.95. The molecule has 1 radical (unpaired) electrons. The Balaban J connectivity index is 2.55. The summed E-state index contributed by atoms with van der Waals surface area (Å²) >= 11 is 0. The van der Waals surface area contributed by atoms with Crippen LogP contribution in [-0.2, 0) is 4.79 Å². The molecule has 0 unspecified atom stereocenters. The van der Waals surface area contributed by atoms with Crippen molar-refractivity contribution >= 4 is 11.9 Å². The molecule has 0 N–H and O–H groups in total. The lowest BCUT2D eigenvalue weighted by atomic mass is 10.4. The summed E-state index contributed by atoms with van der Waals surface area (Å²) in [6.07, 6.45) is 0.376. The molecule has 0 bridgehead atoms. The first-order chi connectivity index (χ1) is 4.75. The average Bonchev–Trinajstić information content (AvgIpc) is 2.34. The fourth-order valence-electron chi connectivity index (χ4n) is 0.849. The molecule has 4 heteroatoms. The molecule has 1 aliphatic rings. The number of hydrogen-bond donors (Lipinski definition) is 0. The summed E-state index contributed by atoms with van der Waals surface area (Å²) in [5.74, 6) is -0.133. The molecule has 1 heterocycles. The van der Waals surface area contributed by atoms with Crippen LogP contribution in [0.1, 0.15) is 13.3 Å². The van der Waals surface area contributed by atoms with Crippen molar-refractivity contribution < 1.29 is 9.59 Å². The standard InChI is InChI=1S/C6H9N2O2/c1-2-5(9)8-4-3-7-6(8)10/h2-4H2,1H3. The van der Waals surface area contributed by atoms with Crippen LogP contribution in [0.2, 0.25) is 0 Å². The summed E-state index contributed by atoms with van der Waals surface area (Å²) in [7, 11) is 0. The van der Waals surface area contributed by atoms with E-state index in [1.54, 1.807) is 6.92 Å². The molecule has 0 aromatic heterocycles. The van der Waals surface area contributed by atoms with Crippen molar-refractivity contribution in [1.82, 2.24) is 10.2 Å². The second kappa shape index (κ2) is 2.68. The van der Waals surface area contributed by atoms with Crippen LogP contribution in [0.4, 0.5) is 4.79 Å². The fourth-order valence-corrected chi connectivity index (χ4v) is 0.849. The summed E-state index contributed by atoms with van der Waals surface area (Å²) in [6.45, 7) is 2.66. The molecule has 1 rings (SSSR count). The Morgan fingerprint density at radius 1 is 1.80 bits per heavy atom. The number of urea groups is 1. The van der Waals surface area contributed by atoms with Crippen molar-refractivity contribution in [2.24, 2.45) is 0 Å². The summed E-state index contributed by atoms with van der Waals surface area (Å²) in [4.78, 5) is 22.8. The van der Waals surface area contributed by atoms with Gasteiger partial charge < -0.3 is 0 Å². The molecular weight excluding hydrogens is 132 g/mol. The molecular formula is C6H9N2O2. The smallest absolute Gasteiger partial charge is 0.274 e. The first-order valence-corrected chi connectivity index (χ1v) is 3.27. The first-order valence-electron chi connectivity index (χ1n) is 3.27. The molecule has 4 nitrogen and oxygen atoms in total. The Labute approximate surface area is 59.2 Å². The van der Waals surface area contributed by atoms with Gasteiger partial charge in [-0.25, -0.2) is 10.1 Å². The molecule has 0 saturated carbocycles. The van der Waals surface area contributed by atoms with Crippen LogP contribution in [0, 0.1) is 0 Å². The van der Waals surface area contributed by atoms with Gasteiger partial charge in [0.2, 0.25) is 5.91 Å². The third-order valence-corrected chi connectivity index (χ3v) is 1.41. The van der Waals surface area contributed by atoms with Gasteiger partial charge in [0.25, 0.3) is 0 Å². The number of carbonyl (C=O) groups excluding carboxylic acids is 2. The lowest BCUT2D eigenvalue weighted by Crippen LogP contribution is -2.31. The Morgan fingerprint density at radius 2 is 2.50 bits per heavy atom. The Morgan fingerprint density at radius 3 is 2.90 bits per heavy atom. The van der Waals surface area contributed by atoms with Crippen molar-refractivity contribution in [2.75, 3.05) is 13.1 Å². The molecule has 0 atom stereocenters. The van der Waals surface area contributed by atoms with E-state index in [0.717, 1.165) is 0 Å². The number of rotatable bonds is 1. The third kappa shape index (κ3) is 1.10. The summed E-state index contributed by atoms with van der Waals surface area (Å²) in [5.41, 5.74) is 0. The van der Waals surface area contributed by atoms with E-state index in [-0.39, 0.29) is 11.9 Å². The van der Waals surface area contributed by atoms with Crippen LogP contribution < -0.4 is 5.32 Å². The van der Waals surface area contributed by atoms with E-state index in [1.807, 2.05) is 0 Å². The quantitative estimate of drug-likeness (QED) is 0.514. The van der Waals surface area contributed by atoms with Crippen molar-refractivity contribution in [2.45, 2.75) is 13.3 Å². The van der Waals surface area contributed by atoms with Crippen molar-refractivity contribution in [3.8, 4) is 0 Å². The maximum absolute atomic E-state index is 10.9. The van der Waals surface area contributed by atoms with Gasteiger partial charge in [0, 0.05) is 6.42 Å². The minimum Gasteiger partial charge on any atom is -0.274 e. The van der Waals surface area contributed by atoms with Gasteiger partial charge >= 0.3 is 6.03 Å². The van der Waals surface area contributed by atoms with E-state index in [4.69, 9.17) is 0 Å². The van der Waals surface area contributed by atoms with Crippen LogP contribution in [0.5, 0.6) is 0 Å². The molecule has 0 aliphatic carbocycles. The zero-order valence-corrected chi connectivity index (χ0v) is 5.83. The molecule has 0 spiro atoms. The van der Waals surface area contributed by atoms with Crippen LogP contribution >= 0.6 is 0 Å². The van der Waals surface area contributed by atoms with Crippen molar-refractivity contribution in [3.63, 3.8) is 0 Å². The lowest BCUT2D eigenvalue weighted by Gasteiger charge is -2.08. The van der Waals surface area contributed by atoms with E-state index in [9.17, 15) is 9.59 Å². The lowest BCUT2D eigenvalue weighted by molar-refractivity contribution is -0.127. The second-order valence-corrected chi connectivity index (χ2v) is 2.06. The summed E-state index contributed by atoms with van der Waals surface area (Å²) in [6, 6.07) is -0.383. The number of imide groups is 1. The molecule has 0 aromatic rings. The number of amides is 3. The molecule has 0 aromatic carbocycles. The Bertz CT molecular complexity index is 167. The van der Waals surface area contributed by atoms with Gasteiger partial charge in [-0.15, -0.1) is 0 Å². The van der Waals surface area contributed by atoms with Gasteiger partial charge in [-0.2, -0.15) is 0 Å². The van der Waals surface area contributed by atoms with E-state index in [1.165, 1.54) is 4.90 Å². The minimum atomic E-state index is -0.383. The second-order valence-electron chi connectivity index (χ2n) is 2.06. The largest absolute Gasteiger partial charge is 0.345 e. The van der Waals surface area contributed by atoms with Gasteiger partial charge in [-0.1, -0.05) is 6.92 Å². The van der Waals surface area contributed by atoms with Gasteiger partial charge in [0.1, 0.15) is 0 Å². The maximum Gasteiger partial charge on any atom is 0.345 e. The fraction of sp³-hybridized carbons (Fsp3) is 0.667. The van der Waals surface area contributed by atoms with E-state index >= 15 is 0 Å². The number of carbonyl (C=O) groups is 2. The zero-order chi connectivity index (χ0) is 7.56. The van der Waals surface area contributed by atoms with Crippen molar-refractivity contribution in [1.29, 1.82) is 0 Å². The summed E-state index contributed by atoms with van der Waals surface area (Å²) < 4.78 is 0. The summed E-state index contributed by atoms with van der Waals surface area (Å²) in [5, 5.41) is 3.55. The number of hydrogen-bond acceptors (Lipinski definition) is 2. The highest BCUT2D eigenvalue weighted by Gasteiger charge is 2.25. The van der Waals surface area contributed by atoms with E-state index in [0.29, 0.717) is 19.5 Å². The van der Waals surface area contributed by atoms with Crippen LogP contribution in [0.25, 0.3) is 0 Å². The van der Waals surface area contributed by atoms with Crippen LogP contribution in [0.3, 0.4) is 0 Å². The highest BCUT2D eigenvalue weighted by Crippen LogP contribution is 2.00. The molecule has 3 amide bonds. The monoisotopic (exact) mass is 141 g/mol. The number of nitrogens with zero attached hydrogens (tertiary/aromatic N) is 2.